The van der Waals surface area contributed by atoms with E-state index in [0.717, 1.165) is 12.5 Å². The zero-order valence-electron chi connectivity index (χ0n) is 9.16. The van der Waals surface area contributed by atoms with Gasteiger partial charge < -0.3 is 0 Å². The molecule has 0 N–H and O–H groups in total. The standard InChI is InChI=1S/C13H19N/c1-11-7-8-14(9-11)10-13-6-4-3-5-12(13)2/h3-6,11H,7-10H2,1-2H3. The molecule has 0 saturated carbocycles. The Labute approximate surface area is 86.7 Å². The summed E-state index contributed by atoms with van der Waals surface area (Å²) in [6.45, 7) is 8.23. The van der Waals surface area contributed by atoms with Crippen molar-refractivity contribution < 1.29 is 0 Å². The summed E-state index contributed by atoms with van der Waals surface area (Å²) in [6.07, 6.45) is 1.37. The summed E-state index contributed by atoms with van der Waals surface area (Å²) in [5.41, 5.74) is 2.91. The minimum absolute atomic E-state index is 0.888. The Hall–Kier alpha value is -0.820. The number of rotatable bonds is 2. The molecule has 0 amide bonds. The highest BCUT2D eigenvalue weighted by Gasteiger charge is 2.18. The third kappa shape index (κ3) is 2.16. The van der Waals surface area contributed by atoms with E-state index in [1.165, 1.54) is 30.6 Å². The van der Waals surface area contributed by atoms with E-state index in [0.29, 0.717) is 0 Å². The van der Waals surface area contributed by atoms with Gasteiger partial charge in [0.1, 0.15) is 0 Å². The average Bonchev–Trinajstić information content (AvgIpc) is 2.56. The molecule has 1 atom stereocenters. The topological polar surface area (TPSA) is 3.24 Å². The van der Waals surface area contributed by atoms with E-state index in [2.05, 4.69) is 43.0 Å². The first-order valence-electron chi connectivity index (χ1n) is 5.52. The normalized spacial score (nSPS) is 22.9. The Kier molecular flexibility index (Phi) is 2.87. The maximum Gasteiger partial charge on any atom is 0.0236 e. The van der Waals surface area contributed by atoms with Crippen LogP contribution in [0.15, 0.2) is 24.3 Å². The van der Waals surface area contributed by atoms with Crippen LogP contribution in [0.2, 0.25) is 0 Å². The third-order valence-corrected chi connectivity index (χ3v) is 3.16. The molecule has 1 aliphatic heterocycles. The predicted octanol–water partition coefficient (Wildman–Crippen LogP) is 2.84. The summed E-state index contributed by atoms with van der Waals surface area (Å²) in [5.74, 6) is 0.888. The summed E-state index contributed by atoms with van der Waals surface area (Å²) in [6, 6.07) is 8.71. The number of hydrogen-bond donors (Lipinski definition) is 0. The van der Waals surface area contributed by atoms with Crippen LogP contribution in [0.5, 0.6) is 0 Å². The lowest BCUT2D eigenvalue weighted by atomic mass is 10.1. The molecule has 0 aromatic heterocycles. The molecule has 0 radical (unpaired) electrons. The molecular formula is C13H19N. The Morgan fingerprint density at radius 1 is 1.36 bits per heavy atom. The first-order valence-corrected chi connectivity index (χ1v) is 5.52. The number of nitrogens with zero attached hydrogens (tertiary/aromatic N) is 1. The molecular weight excluding hydrogens is 170 g/mol. The molecule has 1 aliphatic rings. The molecule has 2 rings (SSSR count). The fourth-order valence-electron chi connectivity index (χ4n) is 2.20. The summed E-state index contributed by atoms with van der Waals surface area (Å²) in [7, 11) is 0. The van der Waals surface area contributed by atoms with Crippen molar-refractivity contribution in [2.24, 2.45) is 5.92 Å². The Bertz CT molecular complexity index is 306. The maximum absolute atomic E-state index is 2.56. The fraction of sp³-hybridized carbons (Fsp3) is 0.538. The molecule has 0 spiro atoms. The van der Waals surface area contributed by atoms with Gasteiger partial charge in [-0.15, -0.1) is 0 Å². The van der Waals surface area contributed by atoms with E-state index < -0.39 is 0 Å². The third-order valence-electron chi connectivity index (χ3n) is 3.16. The lowest BCUT2D eigenvalue weighted by molar-refractivity contribution is 0.319. The number of aryl methyl sites for hydroxylation is 1. The second kappa shape index (κ2) is 4.14. The molecule has 1 unspecified atom stereocenters. The van der Waals surface area contributed by atoms with Crippen LogP contribution in [0.1, 0.15) is 24.5 Å². The van der Waals surface area contributed by atoms with E-state index in [1.807, 2.05) is 0 Å². The predicted molar refractivity (Wildman–Crippen MR) is 60.2 cm³/mol. The van der Waals surface area contributed by atoms with Gasteiger partial charge in [-0.3, -0.25) is 4.90 Å². The molecule has 1 saturated heterocycles. The molecule has 1 heterocycles. The Morgan fingerprint density at radius 3 is 2.79 bits per heavy atom. The van der Waals surface area contributed by atoms with Gasteiger partial charge in [0, 0.05) is 13.1 Å². The van der Waals surface area contributed by atoms with Gasteiger partial charge in [-0.25, -0.2) is 0 Å². The highest BCUT2D eigenvalue weighted by molar-refractivity contribution is 5.25. The molecule has 1 heteroatoms. The van der Waals surface area contributed by atoms with Crippen LogP contribution < -0.4 is 0 Å². The molecule has 14 heavy (non-hydrogen) atoms. The van der Waals surface area contributed by atoms with Gasteiger partial charge in [0.2, 0.25) is 0 Å². The minimum atomic E-state index is 0.888. The quantitative estimate of drug-likeness (QED) is 0.691. The van der Waals surface area contributed by atoms with Crippen molar-refractivity contribution in [2.45, 2.75) is 26.8 Å². The van der Waals surface area contributed by atoms with E-state index in [-0.39, 0.29) is 0 Å². The van der Waals surface area contributed by atoms with Crippen molar-refractivity contribution in [1.82, 2.24) is 4.90 Å². The van der Waals surface area contributed by atoms with Crippen LogP contribution >= 0.6 is 0 Å². The second-order valence-electron chi connectivity index (χ2n) is 4.56. The second-order valence-corrected chi connectivity index (χ2v) is 4.56. The summed E-state index contributed by atoms with van der Waals surface area (Å²) < 4.78 is 0. The minimum Gasteiger partial charge on any atom is -0.299 e. The molecule has 1 aromatic rings. The first-order chi connectivity index (χ1) is 6.75. The fourth-order valence-corrected chi connectivity index (χ4v) is 2.20. The molecule has 0 bridgehead atoms. The Morgan fingerprint density at radius 2 is 2.14 bits per heavy atom. The summed E-state index contributed by atoms with van der Waals surface area (Å²) in [5, 5.41) is 0. The summed E-state index contributed by atoms with van der Waals surface area (Å²) in [4.78, 5) is 2.56. The van der Waals surface area contributed by atoms with Crippen LogP contribution in [0.3, 0.4) is 0 Å². The van der Waals surface area contributed by atoms with Crippen LogP contribution in [-0.2, 0) is 6.54 Å². The SMILES string of the molecule is Cc1ccccc1CN1CCC(C)C1. The lowest BCUT2D eigenvalue weighted by Crippen LogP contribution is -2.20. The monoisotopic (exact) mass is 189 g/mol. The highest BCUT2D eigenvalue weighted by Crippen LogP contribution is 2.18. The molecule has 1 nitrogen and oxygen atoms in total. The van der Waals surface area contributed by atoms with Gasteiger partial charge >= 0.3 is 0 Å². The number of benzene rings is 1. The smallest absolute Gasteiger partial charge is 0.0236 e. The molecule has 0 aliphatic carbocycles. The summed E-state index contributed by atoms with van der Waals surface area (Å²) >= 11 is 0. The number of hydrogen-bond acceptors (Lipinski definition) is 1. The van der Waals surface area contributed by atoms with E-state index in [4.69, 9.17) is 0 Å². The van der Waals surface area contributed by atoms with Crippen LogP contribution in [0.4, 0.5) is 0 Å². The van der Waals surface area contributed by atoms with E-state index >= 15 is 0 Å². The Balaban J connectivity index is 2.01. The molecule has 76 valence electrons. The van der Waals surface area contributed by atoms with Gasteiger partial charge in [-0.2, -0.15) is 0 Å². The van der Waals surface area contributed by atoms with Gasteiger partial charge in [0.15, 0.2) is 0 Å². The molecule has 1 aromatic carbocycles. The van der Waals surface area contributed by atoms with Crippen molar-refractivity contribution in [3.63, 3.8) is 0 Å². The van der Waals surface area contributed by atoms with Crippen molar-refractivity contribution in [2.75, 3.05) is 13.1 Å². The van der Waals surface area contributed by atoms with Gasteiger partial charge in [0.05, 0.1) is 0 Å². The van der Waals surface area contributed by atoms with Crippen molar-refractivity contribution in [3.8, 4) is 0 Å². The van der Waals surface area contributed by atoms with Gasteiger partial charge in [-0.05, 0) is 36.9 Å². The number of likely N-dealkylation sites (tertiary alicyclic amines) is 1. The maximum atomic E-state index is 2.56. The zero-order chi connectivity index (χ0) is 9.97. The van der Waals surface area contributed by atoms with Crippen molar-refractivity contribution in [3.05, 3.63) is 35.4 Å². The lowest BCUT2D eigenvalue weighted by Gasteiger charge is -2.16. The first kappa shape index (κ1) is 9.72. The molecule has 1 fully saturated rings. The average molecular weight is 189 g/mol. The van der Waals surface area contributed by atoms with Gasteiger partial charge in [-0.1, -0.05) is 31.2 Å². The zero-order valence-corrected chi connectivity index (χ0v) is 9.16. The largest absolute Gasteiger partial charge is 0.299 e. The van der Waals surface area contributed by atoms with Gasteiger partial charge in [0.25, 0.3) is 0 Å². The van der Waals surface area contributed by atoms with Crippen molar-refractivity contribution in [1.29, 1.82) is 0 Å². The van der Waals surface area contributed by atoms with Crippen LogP contribution in [-0.4, -0.2) is 18.0 Å². The highest BCUT2D eigenvalue weighted by atomic mass is 15.1. The van der Waals surface area contributed by atoms with E-state index in [9.17, 15) is 0 Å². The van der Waals surface area contributed by atoms with Crippen LogP contribution in [0.25, 0.3) is 0 Å². The van der Waals surface area contributed by atoms with E-state index in [1.54, 1.807) is 0 Å². The van der Waals surface area contributed by atoms with Crippen molar-refractivity contribution >= 4 is 0 Å². The van der Waals surface area contributed by atoms with Crippen LogP contribution in [0, 0.1) is 12.8 Å².